The van der Waals surface area contributed by atoms with Gasteiger partial charge >= 0.3 is 5.97 Å². The van der Waals surface area contributed by atoms with Gasteiger partial charge in [-0.15, -0.1) is 11.3 Å². The number of sulfonamides is 1. The largest absolute Gasteiger partial charge is 0.466 e. The van der Waals surface area contributed by atoms with Gasteiger partial charge in [0.05, 0.1) is 24.6 Å². The number of rotatable bonds is 9. The van der Waals surface area contributed by atoms with Crippen LogP contribution in [0.15, 0.2) is 35.7 Å². The molecule has 0 aliphatic carbocycles. The highest BCUT2D eigenvalue weighted by Gasteiger charge is 2.13. The summed E-state index contributed by atoms with van der Waals surface area (Å²) >= 11 is 1.41. The van der Waals surface area contributed by atoms with E-state index in [1.54, 1.807) is 6.92 Å². The van der Waals surface area contributed by atoms with E-state index in [4.69, 9.17) is 4.74 Å². The summed E-state index contributed by atoms with van der Waals surface area (Å²) in [6.45, 7) is 2.17. The molecule has 1 aromatic carbocycles. The summed E-state index contributed by atoms with van der Waals surface area (Å²) in [5.74, 6) is -0.483. The van der Waals surface area contributed by atoms with Crippen molar-refractivity contribution in [3.8, 4) is 11.3 Å². The molecule has 0 bridgehead atoms. The predicted octanol–water partition coefficient (Wildman–Crippen LogP) is 2.57. The number of carbonyl (C=O) groups excluding carboxylic acids is 1. The number of nitrogens with zero attached hydrogens (tertiary/aromatic N) is 1. The van der Waals surface area contributed by atoms with Crippen LogP contribution in [0.2, 0.25) is 0 Å². The molecule has 1 N–H and O–H groups in total. The Labute approximate surface area is 145 Å². The third kappa shape index (κ3) is 6.03. The number of nitrogens with one attached hydrogen (secondary N) is 1. The van der Waals surface area contributed by atoms with Crippen LogP contribution in [0.3, 0.4) is 0 Å². The van der Waals surface area contributed by atoms with Gasteiger partial charge in [-0.25, -0.2) is 18.1 Å². The van der Waals surface area contributed by atoms with Gasteiger partial charge in [0.25, 0.3) is 0 Å². The van der Waals surface area contributed by atoms with Crippen molar-refractivity contribution in [1.29, 1.82) is 0 Å². The molecule has 0 saturated carbocycles. The molecule has 0 fully saturated rings. The Bertz CT molecular complexity index is 757. The fourth-order valence-corrected chi connectivity index (χ4v) is 3.88. The van der Waals surface area contributed by atoms with Crippen LogP contribution in [-0.4, -0.2) is 31.7 Å². The van der Waals surface area contributed by atoms with Gasteiger partial charge < -0.3 is 4.74 Å². The molecule has 2 rings (SSSR count). The van der Waals surface area contributed by atoms with Crippen LogP contribution < -0.4 is 4.72 Å². The molecule has 130 valence electrons. The van der Waals surface area contributed by atoms with Gasteiger partial charge in [-0.3, -0.25) is 4.79 Å². The highest BCUT2D eigenvalue weighted by Crippen LogP contribution is 2.21. The number of hydrogen-bond donors (Lipinski definition) is 1. The first-order valence-corrected chi connectivity index (χ1v) is 10.2. The minimum atomic E-state index is -3.44. The molecule has 0 spiro atoms. The number of carbonyl (C=O) groups is 1. The third-order valence-electron chi connectivity index (χ3n) is 3.16. The van der Waals surface area contributed by atoms with Crippen molar-refractivity contribution in [2.24, 2.45) is 0 Å². The molecule has 24 heavy (non-hydrogen) atoms. The maximum Gasteiger partial charge on any atom is 0.305 e. The van der Waals surface area contributed by atoms with Crippen LogP contribution in [0.1, 0.15) is 24.8 Å². The van der Waals surface area contributed by atoms with E-state index in [9.17, 15) is 13.2 Å². The predicted molar refractivity (Wildman–Crippen MR) is 94.0 cm³/mol. The van der Waals surface area contributed by atoms with Gasteiger partial charge in [-0.2, -0.15) is 0 Å². The van der Waals surface area contributed by atoms with Crippen molar-refractivity contribution in [2.45, 2.75) is 26.3 Å². The summed E-state index contributed by atoms with van der Waals surface area (Å²) < 4.78 is 31.1. The Kier molecular flexibility index (Phi) is 6.89. The summed E-state index contributed by atoms with van der Waals surface area (Å²) in [5.41, 5.74) is 1.83. The van der Waals surface area contributed by atoms with Gasteiger partial charge in [-0.05, 0) is 13.3 Å². The van der Waals surface area contributed by atoms with E-state index in [0.29, 0.717) is 11.6 Å². The first kappa shape index (κ1) is 18.6. The Morgan fingerprint density at radius 1 is 1.29 bits per heavy atom. The lowest BCUT2D eigenvalue weighted by Gasteiger charge is -2.05. The SMILES string of the molecule is CCOC(=O)CCCS(=O)(=O)NCc1nc(-c2ccccc2)cs1. The highest BCUT2D eigenvalue weighted by atomic mass is 32.2. The Morgan fingerprint density at radius 3 is 2.75 bits per heavy atom. The molecular formula is C16H20N2O4S2. The maximum atomic E-state index is 11.9. The van der Waals surface area contributed by atoms with Gasteiger partial charge in [0, 0.05) is 17.4 Å². The van der Waals surface area contributed by atoms with Gasteiger partial charge in [0.15, 0.2) is 0 Å². The van der Waals surface area contributed by atoms with E-state index in [2.05, 4.69) is 9.71 Å². The molecule has 0 amide bonds. The molecule has 0 saturated heterocycles. The summed E-state index contributed by atoms with van der Waals surface area (Å²) in [6, 6.07) is 9.71. The average molecular weight is 368 g/mol. The highest BCUT2D eigenvalue weighted by molar-refractivity contribution is 7.89. The van der Waals surface area contributed by atoms with E-state index in [0.717, 1.165) is 11.3 Å². The maximum absolute atomic E-state index is 11.9. The summed E-state index contributed by atoms with van der Waals surface area (Å²) in [4.78, 5) is 15.6. The van der Waals surface area contributed by atoms with Crippen molar-refractivity contribution < 1.29 is 17.9 Å². The van der Waals surface area contributed by atoms with E-state index in [1.807, 2.05) is 35.7 Å². The van der Waals surface area contributed by atoms with Crippen LogP contribution in [-0.2, 0) is 26.1 Å². The minimum Gasteiger partial charge on any atom is -0.466 e. The molecule has 8 heteroatoms. The normalized spacial score (nSPS) is 11.4. The molecule has 0 unspecified atom stereocenters. The number of ether oxygens (including phenoxy) is 1. The number of esters is 1. The van der Waals surface area contributed by atoms with Crippen LogP contribution in [0.4, 0.5) is 0 Å². The summed E-state index contributed by atoms with van der Waals surface area (Å²) in [5, 5.41) is 2.60. The zero-order chi connectivity index (χ0) is 17.4. The van der Waals surface area contributed by atoms with Crippen molar-refractivity contribution in [3.63, 3.8) is 0 Å². The van der Waals surface area contributed by atoms with Crippen LogP contribution in [0.5, 0.6) is 0 Å². The molecular weight excluding hydrogens is 348 g/mol. The molecule has 1 aromatic heterocycles. The van der Waals surface area contributed by atoms with Crippen molar-refractivity contribution in [1.82, 2.24) is 9.71 Å². The van der Waals surface area contributed by atoms with Gasteiger partial charge in [0.2, 0.25) is 10.0 Å². The minimum absolute atomic E-state index is 0.101. The smallest absolute Gasteiger partial charge is 0.305 e. The zero-order valence-electron chi connectivity index (χ0n) is 13.4. The van der Waals surface area contributed by atoms with Crippen molar-refractivity contribution in [3.05, 3.63) is 40.7 Å². The Morgan fingerprint density at radius 2 is 2.04 bits per heavy atom. The molecule has 0 radical (unpaired) electrons. The van der Waals surface area contributed by atoms with E-state index >= 15 is 0 Å². The third-order valence-corrected chi connectivity index (χ3v) is 5.42. The zero-order valence-corrected chi connectivity index (χ0v) is 15.0. The molecule has 0 aliphatic rings. The fourth-order valence-electron chi connectivity index (χ4n) is 2.02. The summed E-state index contributed by atoms with van der Waals surface area (Å²) in [7, 11) is -3.44. The molecule has 0 aliphatic heterocycles. The van der Waals surface area contributed by atoms with Crippen LogP contribution >= 0.6 is 11.3 Å². The molecule has 0 atom stereocenters. The quantitative estimate of drug-likeness (QED) is 0.688. The summed E-state index contributed by atoms with van der Waals surface area (Å²) in [6.07, 6.45) is 0.339. The number of thiazole rings is 1. The molecule has 2 aromatic rings. The van der Waals surface area contributed by atoms with Gasteiger partial charge in [0.1, 0.15) is 5.01 Å². The monoisotopic (exact) mass is 368 g/mol. The van der Waals surface area contributed by atoms with Crippen LogP contribution in [0.25, 0.3) is 11.3 Å². The first-order valence-electron chi connectivity index (χ1n) is 7.63. The second kappa shape index (κ2) is 8.91. The van der Waals surface area contributed by atoms with Crippen molar-refractivity contribution >= 4 is 27.3 Å². The number of hydrogen-bond acceptors (Lipinski definition) is 6. The van der Waals surface area contributed by atoms with E-state index < -0.39 is 10.0 Å². The molecule has 6 nitrogen and oxygen atoms in total. The second-order valence-electron chi connectivity index (χ2n) is 5.04. The lowest BCUT2D eigenvalue weighted by Crippen LogP contribution is -2.26. The Balaban J connectivity index is 1.82. The second-order valence-corrected chi connectivity index (χ2v) is 7.91. The first-order chi connectivity index (χ1) is 11.5. The van der Waals surface area contributed by atoms with Crippen LogP contribution in [0, 0.1) is 0 Å². The lowest BCUT2D eigenvalue weighted by molar-refractivity contribution is -0.143. The number of benzene rings is 1. The Hall–Kier alpha value is -1.77. The number of aromatic nitrogens is 1. The lowest BCUT2D eigenvalue weighted by atomic mass is 10.2. The fraction of sp³-hybridized carbons (Fsp3) is 0.375. The van der Waals surface area contributed by atoms with Gasteiger partial charge in [-0.1, -0.05) is 30.3 Å². The average Bonchev–Trinajstić information content (AvgIpc) is 3.03. The van der Waals surface area contributed by atoms with E-state index in [1.165, 1.54) is 11.3 Å². The standard InChI is InChI=1S/C16H20N2O4S2/c1-2-22-16(19)9-6-10-24(20,21)17-11-15-18-14(12-23-15)13-7-4-3-5-8-13/h3-5,7-8,12,17H,2,6,9-11H2,1H3. The topological polar surface area (TPSA) is 85.4 Å². The molecule has 1 heterocycles. The van der Waals surface area contributed by atoms with E-state index in [-0.39, 0.29) is 31.1 Å². The van der Waals surface area contributed by atoms with Crippen molar-refractivity contribution in [2.75, 3.05) is 12.4 Å².